The van der Waals surface area contributed by atoms with Gasteiger partial charge in [-0.3, -0.25) is 4.79 Å². The summed E-state index contributed by atoms with van der Waals surface area (Å²) in [6.45, 7) is 0. The van der Waals surface area contributed by atoms with Gasteiger partial charge in [0.2, 0.25) is 0 Å². The Kier molecular flexibility index (Phi) is 4.23. The minimum Gasteiger partial charge on any atom is -0.508 e. The van der Waals surface area contributed by atoms with Crippen LogP contribution < -0.4 is 5.32 Å². The van der Waals surface area contributed by atoms with Gasteiger partial charge in [0, 0.05) is 10.5 Å². The molecule has 2 rings (SSSR count). The minimum atomic E-state index is -1.22. The van der Waals surface area contributed by atoms with E-state index in [4.69, 9.17) is 10.2 Å². The SMILES string of the molecule is O=C(Nc1c(Br)cccc1C(=O)O)c1ccc(O)cc1F. The molecule has 0 aromatic heterocycles. The molecule has 3 N–H and O–H groups in total. The van der Waals surface area contributed by atoms with Crippen LogP contribution in [0.25, 0.3) is 0 Å². The van der Waals surface area contributed by atoms with E-state index in [1.807, 2.05) is 0 Å². The van der Waals surface area contributed by atoms with Gasteiger partial charge in [0.05, 0.1) is 16.8 Å². The van der Waals surface area contributed by atoms with Crippen molar-refractivity contribution < 1.29 is 24.2 Å². The van der Waals surface area contributed by atoms with Crippen molar-refractivity contribution in [3.05, 3.63) is 57.8 Å². The Morgan fingerprint density at radius 3 is 2.48 bits per heavy atom. The number of hydrogen-bond acceptors (Lipinski definition) is 3. The number of hydrogen-bond donors (Lipinski definition) is 3. The molecule has 0 saturated carbocycles. The Morgan fingerprint density at radius 2 is 1.86 bits per heavy atom. The van der Waals surface area contributed by atoms with Gasteiger partial charge < -0.3 is 15.5 Å². The van der Waals surface area contributed by atoms with Crippen molar-refractivity contribution in [3.63, 3.8) is 0 Å². The highest BCUT2D eigenvalue weighted by Gasteiger charge is 2.18. The fourth-order valence-corrected chi connectivity index (χ4v) is 2.16. The van der Waals surface area contributed by atoms with Crippen LogP contribution in [-0.4, -0.2) is 22.1 Å². The molecule has 0 atom stereocenters. The molecule has 0 fully saturated rings. The number of para-hydroxylation sites is 1. The first-order chi connectivity index (χ1) is 9.90. The number of phenolic OH excluding ortho intramolecular Hbond substituents is 1. The smallest absolute Gasteiger partial charge is 0.337 e. The summed E-state index contributed by atoms with van der Waals surface area (Å²) in [6.07, 6.45) is 0. The van der Waals surface area contributed by atoms with E-state index in [0.717, 1.165) is 18.2 Å². The number of nitrogens with one attached hydrogen (secondary N) is 1. The molecular formula is C14H9BrFNO4. The average Bonchev–Trinajstić information content (AvgIpc) is 2.40. The summed E-state index contributed by atoms with van der Waals surface area (Å²) in [7, 11) is 0. The second kappa shape index (κ2) is 5.92. The Balaban J connectivity index is 2.38. The largest absolute Gasteiger partial charge is 0.508 e. The number of anilines is 1. The second-order valence-electron chi connectivity index (χ2n) is 4.09. The van der Waals surface area contributed by atoms with Gasteiger partial charge in [-0.1, -0.05) is 6.07 Å². The Morgan fingerprint density at radius 1 is 1.14 bits per heavy atom. The van der Waals surface area contributed by atoms with Crippen LogP contribution >= 0.6 is 15.9 Å². The molecule has 21 heavy (non-hydrogen) atoms. The van der Waals surface area contributed by atoms with Gasteiger partial charge in [-0.25, -0.2) is 9.18 Å². The number of carboxylic acids is 1. The van der Waals surface area contributed by atoms with Crippen LogP contribution in [0.3, 0.4) is 0 Å². The molecule has 0 spiro atoms. The van der Waals surface area contributed by atoms with Crippen LogP contribution in [0.4, 0.5) is 10.1 Å². The first-order valence-electron chi connectivity index (χ1n) is 5.72. The monoisotopic (exact) mass is 353 g/mol. The van der Waals surface area contributed by atoms with Crippen LogP contribution in [0.5, 0.6) is 5.75 Å². The van der Waals surface area contributed by atoms with Crippen LogP contribution in [0.2, 0.25) is 0 Å². The predicted octanol–water partition coefficient (Wildman–Crippen LogP) is 3.24. The van der Waals surface area contributed by atoms with E-state index in [-0.39, 0.29) is 22.6 Å². The number of aromatic hydroxyl groups is 1. The molecule has 0 radical (unpaired) electrons. The Bertz CT molecular complexity index is 733. The van der Waals surface area contributed by atoms with Gasteiger partial charge in [0.15, 0.2) is 0 Å². The molecule has 0 unspecified atom stereocenters. The normalized spacial score (nSPS) is 10.2. The molecule has 0 aliphatic heterocycles. The third-order valence-electron chi connectivity index (χ3n) is 2.68. The maximum absolute atomic E-state index is 13.6. The van der Waals surface area contributed by atoms with Crippen molar-refractivity contribution in [3.8, 4) is 5.75 Å². The van der Waals surface area contributed by atoms with Crippen molar-refractivity contribution in [1.82, 2.24) is 0 Å². The van der Waals surface area contributed by atoms with Crippen molar-refractivity contribution in [1.29, 1.82) is 0 Å². The maximum Gasteiger partial charge on any atom is 0.337 e. The third kappa shape index (κ3) is 3.19. The number of halogens is 2. The van der Waals surface area contributed by atoms with Crippen LogP contribution in [0.1, 0.15) is 20.7 Å². The summed E-state index contributed by atoms with van der Waals surface area (Å²) in [5, 5.41) is 20.5. The van der Waals surface area contributed by atoms with Gasteiger partial charge in [-0.15, -0.1) is 0 Å². The van der Waals surface area contributed by atoms with Crippen molar-refractivity contribution in [2.24, 2.45) is 0 Å². The van der Waals surface area contributed by atoms with Gasteiger partial charge in [0.25, 0.3) is 5.91 Å². The summed E-state index contributed by atoms with van der Waals surface area (Å²) in [5.74, 6) is -3.26. The van der Waals surface area contributed by atoms with E-state index in [1.54, 1.807) is 6.07 Å². The highest BCUT2D eigenvalue weighted by molar-refractivity contribution is 9.10. The maximum atomic E-state index is 13.6. The molecular weight excluding hydrogens is 345 g/mol. The molecule has 108 valence electrons. The van der Waals surface area contributed by atoms with Gasteiger partial charge >= 0.3 is 5.97 Å². The highest BCUT2D eigenvalue weighted by Crippen LogP contribution is 2.27. The molecule has 2 aromatic carbocycles. The lowest BCUT2D eigenvalue weighted by atomic mass is 10.1. The fraction of sp³-hybridized carbons (Fsp3) is 0. The van der Waals surface area contributed by atoms with Crippen LogP contribution in [-0.2, 0) is 0 Å². The molecule has 2 aromatic rings. The summed E-state index contributed by atoms with van der Waals surface area (Å²) < 4.78 is 14.0. The van der Waals surface area contributed by atoms with Crippen LogP contribution in [0, 0.1) is 5.82 Å². The number of carbonyl (C=O) groups is 2. The van der Waals surface area contributed by atoms with Crippen molar-refractivity contribution >= 4 is 33.5 Å². The molecule has 0 heterocycles. The lowest BCUT2D eigenvalue weighted by molar-refractivity contribution is 0.0698. The number of rotatable bonds is 3. The van der Waals surface area contributed by atoms with Gasteiger partial charge in [-0.2, -0.15) is 0 Å². The molecule has 0 bridgehead atoms. The topological polar surface area (TPSA) is 86.6 Å². The summed E-state index contributed by atoms with van der Waals surface area (Å²) in [5.41, 5.74) is -0.403. The third-order valence-corrected chi connectivity index (χ3v) is 3.34. The van der Waals surface area contributed by atoms with Gasteiger partial charge in [0.1, 0.15) is 11.6 Å². The van der Waals surface area contributed by atoms with E-state index < -0.39 is 17.7 Å². The molecule has 0 aliphatic carbocycles. The van der Waals surface area contributed by atoms with Crippen molar-refractivity contribution in [2.45, 2.75) is 0 Å². The number of benzene rings is 2. The Hall–Kier alpha value is -2.41. The predicted molar refractivity (Wildman–Crippen MR) is 77.1 cm³/mol. The summed E-state index contributed by atoms with van der Waals surface area (Å²) in [6, 6.07) is 7.44. The number of aromatic carboxylic acids is 1. The lowest BCUT2D eigenvalue weighted by Crippen LogP contribution is -2.16. The highest BCUT2D eigenvalue weighted by atomic mass is 79.9. The van der Waals surface area contributed by atoms with Gasteiger partial charge in [-0.05, 0) is 40.2 Å². The zero-order valence-electron chi connectivity index (χ0n) is 10.4. The first kappa shape index (κ1) is 15.0. The second-order valence-corrected chi connectivity index (χ2v) is 4.94. The molecule has 0 aliphatic rings. The first-order valence-corrected chi connectivity index (χ1v) is 6.51. The van der Waals surface area contributed by atoms with E-state index in [9.17, 15) is 14.0 Å². The van der Waals surface area contributed by atoms with E-state index in [1.165, 1.54) is 12.1 Å². The molecule has 5 nitrogen and oxygen atoms in total. The molecule has 1 amide bonds. The summed E-state index contributed by atoms with van der Waals surface area (Å²) in [4.78, 5) is 23.2. The lowest BCUT2D eigenvalue weighted by Gasteiger charge is -2.11. The fourth-order valence-electron chi connectivity index (χ4n) is 1.70. The number of carboxylic acid groups (broad SMARTS) is 1. The van der Waals surface area contributed by atoms with E-state index in [2.05, 4.69) is 21.2 Å². The van der Waals surface area contributed by atoms with Crippen molar-refractivity contribution in [2.75, 3.05) is 5.32 Å². The minimum absolute atomic E-state index is 0.0301. The van der Waals surface area contributed by atoms with E-state index in [0.29, 0.717) is 4.47 Å². The molecule has 0 saturated heterocycles. The number of amides is 1. The zero-order chi connectivity index (χ0) is 15.6. The number of phenols is 1. The summed E-state index contributed by atoms with van der Waals surface area (Å²) >= 11 is 3.13. The Labute approximate surface area is 127 Å². The number of carbonyl (C=O) groups excluding carboxylic acids is 1. The standard InChI is InChI=1S/C14H9BrFNO4/c15-10-3-1-2-9(14(20)21)12(10)17-13(19)8-5-4-7(18)6-11(8)16/h1-6,18H,(H,17,19)(H,20,21). The average molecular weight is 354 g/mol. The van der Waals surface area contributed by atoms with Crippen LogP contribution in [0.15, 0.2) is 40.9 Å². The van der Waals surface area contributed by atoms with E-state index >= 15 is 0 Å². The zero-order valence-corrected chi connectivity index (χ0v) is 12.0. The quantitative estimate of drug-likeness (QED) is 0.790. The molecule has 7 heteroatoms.